The van der Waals surface area contributed by atoms with Crippen LogP contribution in [0.4, 0.5) is 0 Å². The molecule has 0 atom stereocenters. The Hall–Kier alpha value is -3.66. The highest BCUT2D eigenvalue weighted by Gasteiger charge is 2.23. The van der Waals surface area contributed by atoms with Crippen molar-refractivity contribution in [1.29, 1.82) is 0 Å². The van der Waals surface area contributed by atoms with E-state index in [1.807, 2.05) is 91.0 Å². The second-order valence-electron chi connectivity index (χ2n) is 5.99. The molecule has 0 bridgehead atoms. The lowest BCUT2D eigenvalue weighted by Gasteiger charge is -2.04. The summed E-state index contributed by atoms with van der Waals surface area (Å²) in [5, 5.41) is 0. The zero-order chi connectivity index (χ0) is 18.5. The van der Waals surface area contributed by atoms with Crippen molar-refractivity contribution in [2.75, 3.05) is 0 Å². The lowest BCUT2D eigenvalue weighted by Crippen LogP contribution is -2.05. The number of benzene rings is 3. The van der Waals surface area contributed by atoms with E-state index in [2.05, 4.69) is 4.98 Å². The third-order valence-electron chi connectivity index (χ3n) is 4.09. The number of hydrogen-bond acceptors (Lipinski definition) is 4. The van der Waals surface area contributed by atoms with Crippen molar-refractivity contribution in [3.05, 3.63) is 102 Å². The van der Waals surface area contributed by atoms with E-state index in [0.717, 1.165) is 16.7 Å². The summed E-state index contributed by atoms with van der Waals surface area (Å²) in [6.07, 6.45) is 0. The average Bonchev–Trinajstić information content (AvgIpc) is 3.20. The van der Waals surface area contributed by atoms with Gasteiger partial charge in [-0.3, -0.25) is 0 Å². The maximum atomic E-state index is 12.7. The summed E-state index contributed by atoms with van der Waals surface area (Å²) in [6, 6.07) is 28.5. The molecule has 27 heavy (non-hydrogen) atoms. The maximum absolute atomic E-state index is 12.7. The summed E-state index contributed by atoms with van der Waals surface area (Å²) in [5.74, 6) is -0.0375. The molecule has 4 rings (SSSR count). The molecule has 132 valence electrons. The number of carbonyl (C=O) groups excluding carboxylic acids is 1. The molecule has 0 aliphatic rings. The summed E-state index contributed by atoms with van der Waals surface area (Å²) < 4.78 is 11.3. The summed E-state index contributed by atoms with van der Waals surface area (Å²) in [7, 11) is 0. The standard InChI is InChI=1S/C23H17NO3/c25-23(26-16-17-10-4-1-5-11-17)21-20(18-12-6-2-7-13-18)24-22(27-21)19-14-8-3-9-15-19/h1-15H,16H2. The quantitative estimate of drug-likeness (QED) is 0.452. The number of esters is 1. The van der Waals surface area contributed by atoms with E-state index in [9.17, 15) is 4.79 Å². The van der Waals surface area contributed by atoms with Crippen LogP contribution >= 0.6 is 0 Å². The molecule has 0 aliphatic heterocycles. The molecule has 4 nitrogen and oxygen atoms in total. The van der Waals surface area contributed by atoms with Crippen LogP contribution in [-0.4, -0.2) is 11.0 Å². The van der Waals surface area contributed by atoms with Gasteiger partial charge in [0.05, 0.1) is 0 Å². The SMILES string of the molecule is O=C(OCc1ccccc1)c1oc(-c2ccccc2)nc1-c1ccccc1. The molecule has 0 aliphatic carbocycles. The van der Waals surface area contributed by atoms with Crippen molar-refractivity contribution in [3.8, 4) is 22.7 Å². The van der Waals surface area contributed by atoms with Gasteiger partial charge in [-0.25, -0.2) is 9.78 Å². The van der Waals surface area contributed by atoms with Crippen molar-refractivity contribution < 1.29 is 13.9 Å². The van der Waals surface area contributed by atoms with E-state index >= 15 is 0 Å². The highest BCUT2D eigenvalue weighted by atomic mass is 16.5. The van der Waals surface area contributed by atoms with Gasteiger partial charge in [0.25, 0.3) is 0 Å². The van der Waals surface area contributed by atoms with Crippen LogP contribution in [0.25, 0.3) is 22.7 Å². The normalized spacial score (nSPS) is 10.5. The molecule has 0 amide bonds. The van der Waals surface area contributed by atoms with Crippen molar-refractivity contribution in [3.63, 3.8) is 0 Å². The zero-order valence-corrected chi connectivity index (χ0v) is 14.5. The Morgan fingerprint density at radius 3 is 1.96 bits per heavy atom. The minimum Gasteiger partial charge on any atom is -0.455 e. The second kappa shape index (κ2) is 7.70. The first-order valence-corrected chi connectivity index (χ1v) is 8.64. The van der Waals surface area contributed by atoms with Crippen LogP contribution in [0.15, 0.2) is 95.4 Å². The summed E-state index contributed by atoms with van der Waals surface area (Å²) >= 11 is 0. The minimum atomic E-state index is -0.535. The lowest BCUT2D eigenvalue weighted by atomic mass is 10.1. The van der Waals surface area contributed by atoms with Gasteiger partial charge in [-0.05, 0) is 17.7 Å². The molecule has 0 spiro atoms. The Kier molecular flexibility index (Phi) is 4.79. The van der Waals surface area contributed by atoms with Gasteiger partial charge in [-0.15, -0.1) is 0 Å². The molecule has 1 aromatic heterocycles. The smallest absolute Gasteiger partial charge is 0.377 e. The Labute approximate surface area is 157 Å². The van der Waals surface area contributed by atoms with E-state index < -0.39 is 5.97 Å². The Morgan fingerprint density at radius 1 is 0.778 bits per heavy atom. The Bertz CT molecular complexity index is 1030. The fourth-order valence-electron chi connectivity index (χ4n) is 2.74. The molecule has 0 radical (unpaired) electrons. The number of oxazole rings is 1. The summed E-state index contributed by atoms with van der Waals surface area (Å²) in [4.78, 5) is 17.3. The van der Waals surface area contributed by atoms with Gasteiger partial charge in [-0.1, -0.05) is 78.9 Å². The molecule has 0 unspecified atom stereocenters. The largest absolute Gasteiger partial charge is 0.455 e. The van der Waals surface area contributed by atoms with E-state index in [4.69, 9.17) is 9.15 Å². The van der Waals surface area contributed by atoms with Gasteiger partial charge in [-0.2, -0.15) is 0 Å². The average molecular weight is 355 g/mol. The van der Waals surface area contributed by atoms with Crippen molar-refractivity contribution >= 4 is 5.97 Å². The Balaban J connectivity index is 1.67. The number of nitrogens with zero attached hydrogens (tertiary/aromatic N) is 1. The first-order valence-electron chi connectivity index (χ1n) is 8.64. The predicted molar refractivity (Wildman–Crippen MR) is 103 cm³/mol. The minimum absolute atomic E-state index is 0.107. The highest BCUT2D eigenvalue weighted by Crippen LogP contribution is 2.29. The molecule has 0 fully saturated rings. The number of hydrogen-bond donors (Lipinski definition) is 0. The van der Waals surface area contributed by atoms with E-state index in [-0.39, 0.29) is 12.4 Å². The molecular weight excluding hydrogens is 338 g/mol. The van der Waals surface area contributed by atoms with Crippen LogP contribution in [0.2, 0.25) is 0 Å². The maximum Gasteiger partial charge on any atom is 0.377 e. The van der Waals surface area contributed by atoms with Crippen LogP contribution in [0.1, 0.15) is 16.1 Å². The van der Waals surface area contributed by atoms with Crippen molar-refractivity contribution in [2.24, 2.45) is 0 Å². The third kappa shape index (κ3) is 3.80. The molecule has 0 saturated heterocycles. The van der Waals surface area contributed by atoms with Crippen molar-refractivity contribution in [2.45, 2.75) is 6.61 Å². The third-order valence-corrected chi connectivity index (χ3v) is 4.09. The second-order valence-corrected chi connectivity index (χ2v) is 5.99. The van der Waals surface area contributed by atoms with Crippen LogP contribution in [0, 0.1) is 0 Å². The monoisotopic (exact) mass is 355 g/mol. The first-order chi connectivity index (χ1) is 13.3. The fraction of sp³-hybridized carbons (Fsp3) is 0.0435. The van der Waals surface area contributed by atoms with Gasteiger partial charge in [0.1, 0.15) is 12.3 Å². The fourth-order valence-corrected chi connectivity index (χ4v) is 2.74. The number of carbonyl (C=O) groups is 1. The highest BCUT2D eigenvalue weighted by molar-refractivity contribution is 5.94. The van der Waals surface area contributed by atoms with Gasteiger partial charge >= 0.3 is 5.97 Å². The molecule has 4 heteroatoms. The predicted octanol–water partition coefficient (Wildman–Crippen LogP) is 5.37. The van der Waals surface area contributed by atoms with E-state index in [1.54, 1.807) is 0 Å². The molecule has 0 N–H and O–H groups in total. The van der Waals surface area contributed by atoms with Gasteiger partial charge in [0.2, 0.25) is 11.7 Å². The zero-order valence-electron chi connectivity index (χ0n) is 14.5. The van der Waals surface area contributed by atoms with E-state index in [1.165, 1.54) is 0 Å². The van der Waals surface area contributed by atoms with Gasteiger partial charge < -0.3 is 9.15 Å². The first kappa shape index (κ1) is 16.8. The van der Waals surface area contributed by atoms with E-state index in [0.29, 0.717) is 11.6 Å². The van der Waals surface area contributed by atoms with Crippen molar-refractivity contribution in [1.82, 2.24) is 4.98 Å². The van der Waals surface area contributed by atoms with Gasteiger partial charge in [0.15, 0.2) is 0 Å². The number of ether oxygens (including phenoxy) is 1. The van der Waals surface area contributed by atoms with Gasteiger partial charge in [0, 0.05) is 11.1 Å². The molecular formula is C23H17NO3. The topological polar surface area (TPSA) is 52.3 Å². The van der Waals surface area contributed by atoms with Crippen LogP contribution < -0.4 is 0 Å². The molecule has 4 aromatic rings. The Morgan fingerprint density at radius 2 is 1.33 bits per heavy atom. The lowest BCUT2D eigenvalue weighted by molar-refractivity contribution is 0.0438. The molecule has 3 aromatic carbocycles. The molecule has 1 heterocycles. The number of rotatable bonds is 5. The van der Waals surface area contributed by atoms with Crippen LogP contribution in [0.5, 0.6) is 0 Å². The summed E-state index contributed by atoms with van der Waals surface area (Å²) in [6.45, 7) is 0.176. The van der Waals surface area contributed by atoms with Crippen LogP contribution in [0.3, 0.4) is 0 Å². The van der Waals surface area contributed by atoms with Crippen LogP contribution in [-0.2, 0) is 11.3 Å². The summed E-state index contributed by atoms with van der Waals surface area (Å²) in [5.41, 5.74) is 2.99. The number of aromatic nitrogens is 1. The molecule has 0 saturated carbocycles.